The van der Waals surface area contributed by atoms with E-state index in [1.807, 2.05) is 0 Å². The van der Waals surface area contributed by atoms with Gasteiger partial charge in [0.1, 0.15) is 0 Å². The lowest BCUT2D eigenvalue weighted by atomic mass is 10.1. The molecule has 5 heteroatoms. The normalized spacial score (nSPS) is 18.5. The molecular formula is C14H20N2O3. The average molecular weight is 264 g/mol. The number of hydrogen-bond acceptors (Lipinski definition) is 4. The van der Waals surface area contributed by atoms with Crippen molar-refractivity contribution in [1.82, 2.24) is 0 Å². The molecule has 0 aliphatic carbocycles. The summed E-state index contributed by atoms with van der Waals surface area (Å²) in [6.45, 7) is 4.56. The zero-order valence-corrected chi connectivity index (χ0v) is 11.1. The van der Waals surface area contributed by atoms with Crippen LogP contribution in [0.1, 0.15) is 30.1 Å². The minimum absolute atomic E-state index is 0.150. The molecule has 0 bridgehead atoms. The maximum atomic E-state index is 10.9. The Kier molecular flexibility index (Phi) is 4.27. The van der Waals surface area contributed by atoms with Gasteiger partial charge in [-0.2, -0.15) is 0 Å². The van der Waals surface area contributed by atoms with Gasteiger partial charge in [0.25, 0.3) is 0 Å². The van der Waals surface area contributed by atoms with Crippen LogP contribution in [0.4, 0.5) is 11.4 Å². The minimum atomic E-state index is -0.994. The highest BCUT2D eigenvalue weighted by molar-refractivity contribution is 5.94. The van der Waals surface area contributed by atoms with E-state index in [1.54, 1.807) is 18.2 Å². The summed E-state index contributed by atoms with van der Waals surface area (Å²) < 4.78 is 5.63. The molecule has 104 valence electrons. The molecule has 0 amide bonds. The van der Waals surface area contributed by atoms with Gasteiger partial charge in [-0.25, -0.2) is 4.79 Å². The molecule has 1 aliphatic rings. The van der Waals surface area contributed by atoms with Gasteiger partial charge in [-0.3, -0.25) is 0 Å². The van der Waals surface area contributed by atoms with Gasteiger partial charge in [-0.1, -0.05) is 0 Å². The molecule has 1 atom stereocenters. The number of aromatic carboxylic acids is 1. The van der Waals surface area contributed by atoms with Gasteiger partial charge in [-0.05, 0) is 38.0 Å². The van der Waals surface area contributed by atoms with Crippen LogP contribution in [0.5, 0.6) is 0 Å². The van der Waals surface area contributed by atoms with Crippen molar-refractivity contribution in [3.63, 3.8) is 0 Å². The van der Waals surface area contributed by atoms with Crippen LogP contribution in [0.2, 0.25) is 0 Å². The van der Waals surface area contributed by atoms with Crippen LogP contribution in [0.25, 0.3) is 0 Å². The molecule has 1 unspecified atom stereocenters. The second-order valence-electron chi connectivity index (χ2n) is 4.75. The van der Waals surface area contributed by atoms with E-state index in [2.05, 4.69) is 11.8 Å². The number of carbonyl (C=O) groups is 1. The summed E-state index contributed by atoms with van der Waals surface area (Å²) in [7, 11) is 0. The number of nitrogen functional groups attached to an aromatic ring is 1. The van der Waals surface area contributed by atoms with Crippen LogP contribution in [0.3, 0.4) is 0 Å². The Bertz CT molecular complexity index is 456. The van der Waals surface area contributed by atoms with Crippen LogP contribution in [0, 0.1) is 0 Å². The van der Waals surface area contributed by atoms with E-state index in [1.165, 1.54) is 0 Å². The molecule has 1 heterocycles. The van der Waals surface area contributed by atoms with Crippen LogP contribution in [-0.2, 0) is 4.74 Å². The van der Waals surface area contributed by atoms with Crippen LogP contribution < -0.4 is 10.6 Å². The third-order valence-electron chi connectivity index (χ3n) is 3.46. The minimum Gasteiger partial charge on any atom is -0.478 e. The molecule has 1 aromatic carbocycles. The summed E-state index contributed by atoms with van der Waals surface area (Å²) in [6.07, 6.45) is 2.46. The van der Waals surface area contributed by atoms with E-state index in [0.29, 0.717) is 5.69 Å². The van der Waals surface area contributed by atoms with Gasteiger partial charge >= 0.3 is 5.97 Å². The first-order valence-electron chi connectivity index (χ1n) is 6.61. The topological polar surface area (TPSA) is 75.8 Å². The number of likely N-dealkylation sites (N-methyl/N-ethyl adjacent to an activating group) is 1. The summed E-state index contributed by atoms with van der Waals surface area (Å²) in [5.41, 5.74) is 7.18. The van der Waals surface area contributed by atoms with Crippen molar-refractivity contribution in [2.45, 2.75) is 25.9 Å². The predicted octanol–water partition coefficient (Wildman–Crippen LogP) is 1.97. The monoisotopic (exact) mass is 264 g/mol. The lowest BCUT2D eigenvalue weighted by Crippen LogP contribution is -2.32. The Morgan fingerprint density at radius 1 is 1.58 bits per heavy atom. The Morgan fingerprint density at radius 3 is 2.89 bits per heavy atom. The summed E-state index contributed by atoms with van der Waals surface area (Å²) in [5.74, 6) is -0.994. The van der Waals surface area contributed by atoms with Gasteiger partial charge in [0, 0.05) is 31.1 Å². The van der Waals surface area contributed by atoms with Crippen molar-refractivity contribution in [1.29, 1.82) is 0 Å². The number of benzene rings is 1. The van der Waals surface area contributed by atoms with Gasteiger partial charge in [0.15, 0.2) is 0 Å². The maximum Gasteiger partial charge on any atom is 0.337 e. The lowest BCUT2D eigenvalue weighted by molar-refractivity contribution is 0.0698. The van der Waals surface area contributed by atoms with E-state index < -0.39 is 5.97 Å². The number of hydrogen-bond donors (Lipinski definition) is 2. The van der Waals surface area contributed by atoms with E-state index in [0.717, 1.165) is 38.2 Å². The van der Waals surface area contributed by atoms with Gasteiger partial charge < -0.3 is 20.5 Å². The molecule has 0 radical (unpaired) electrons. The number of nitrogens with two attached hydrogens (primary N) is 1. The molecule has 5 nitrogen and oxygen atoms in total. The zero-order chi connectivity index (χ0) is 13.8. The van der Waals surface area contributed by atoms with Crippen molar-refractivity contribution >= 4 is 17.3 Å². The second kappa shape index (κ2) is 5.93. The third kappa shape index (κ3) is 3.17. The molecule has 3 N–H and O–H groups in total. The predicted molar refractivity (Wildman–Crippen MR) is 74.7 cm³/mol. The number of carboxylic acid groups (broad SMARTS) is 1. The molecule has 19 heavy (non-hydrogen) atoms. The van der Waals surface area contributed by atoms with E-state index in [4.69, 9.17) is 15.6 Å². The molecule has 0 spiro atoms. The molecule has 1 aliphatic heterocycles. The second-order valence-corrected chi connectivity index (χ2v) is 4.75. The van der Waals surface area contributed by atoms with Gasteiger partial charge in [0.05, 0.1) is 11.7 Å². The molecule has 2 rings (SSSR count). The Hall–Kier alpha value is -1.75. The standard InChI is InChI=1S/C14H20N2O3/c1-2-16(9-11-4-3-7-19-11)10-5-6-12(14(17)18)13(15)8-10/h5-6,8,11H,2-4,7,9,15H2,1H3,(H,17,18). The van der Waals surface area contributed by atoms with E-state index in [-0.39, 0.29) is 11.7 Å². The highest BCUT2D eigenvalue weighted by Gasteiger charge is 2.19. The SMILES string of the molecule is CCN(CC1CCCO1)c1ccc(C(=O)O)c(N)c1. The Morgan fingerprint density at radius 2 is 2.37 bits per heavy atom. The molecule has 1 fully saturated rings. The lowest BCUT2D eigenvalue weighted by Gasteiger charge is -2.26. The molecule has 1 saturated heterocycles. The fourth-order valence-corrected chi connectivity index (χ4v) is 2.39. The van der Waals surface area contributed by atoms with Crippen molar-refractivity contribution in [2.75, 3.05) is 30.3 Å². The summed E-state index contributed by atoms with van der Waals surface area (Å²) >= 11 is 0. The first kappa shape index (κ1) is 13.7. The largest absolute Gasteiger partial charge is 0.478 e. The first-order valence-corrected chi connectivity index (χ1v) is 6.61. The molecule has 0 aromatic heterocycles. The van der Waals surface area contributed by atoms with Gasteiger partial charge in [-0.15, -0.1) is 0 Å². The number of carboxylic acids is 1. The fraction of sp³-hybridized carbons (Fsp3) is 0.500. The number of anilines is 2. The summed E-state index contributed by atoms with van der Waals surface area (Å²) in [5, 5.41) is 8.97. The van der Waals surface area contributed by atoms with E-state index in [9.17, 15) is 4.79 Å². The van der Waals surface area contributed by atoms with Crippen molar-refractivity contribution < 1.29 is 14.6 Å². The van der Waals surface area contributed by atoms with Crippen LogP contribution in [-0.4, -0.2) is 36.9 Å². The molecular weight excluding hydrogens is 244 g/mol. The first-order chi connectivity index (χ1) is 9.11. The Balaban J connectivity index is 2.13. The van der Waals surface area contributed by atoms with Gasteiger partial charge in [0.2, 0.25) is 0 Å². The maximum absolute atomic E-state index is 10.9. The van der Waals surface area contributed by atoms with Crippen molar-refractivity contribution in [3.05, 3.63) is 23.8 Å². The highest BCUT2D eigenvalue weighted by Crippen LogP contribution is 2.23. The Labute approximate surface area is 113 Å². The van der Waals surface area contributed by atoms with Crippen LogP contribution >= 0.6 is 0 Å². The summed E-state index contributed by atoms with van der Waals surface area (Å²) in [4.78, 5) is 13.1. The van der Waals surface area contributed by atoms with Crippen molar-refractivity contribution in [3.8, 4) is 0 Å². The third-order valence-corrected chi connectivity index (χ3v) is 3.46. The smallest absolute Gasteiger partial charge is 0.337 e. The number of nitrogens with zero attached hydrogens (tertiary/aromatic N) is 1. The number of ether oxygens (including phenoxy) is 1. The van der Waals surface area contributed by atoms with Crippen molar-refractivity contribution in [2.24, 2.45) is 0 Å². The quantitative estimate of drug-likeness (QED) is 0.795. The fourth-order valence-electron chi connectivity index (χ4n) is 2.39. The summed E-state index contributed by atoms with van der Waals surface area (Å²) in [6, 6.07) is 5.09. The zero-order valence-electron chi connectivity index (χ0n) is 11.1. The molecule has 1 aromatic rings. The van der Waals surface area contributed by atoms with E-state index >= 15 is 0 Å². The number of rotatable bonds is 5. The van der Waals surface area contributed by atoms with Crippen LogP contribution in [0.15, 0.2) is 18.2 Å². The average Bonchev–Trinajstić information content (AvgIpc) is 2.88. The highest BCUT2D eigenvalue weighted by atomic mass is 16.5. The molecule has 0 saturated carbocycles.